The lowest BCUT2D eigenvalue weighted by Gasteiger charge is -2.28. The molecule has 13 heteroatoms. The van der Waals surface area contributed by atoms with Gasteiger partial charge >= 0.3 is 6.18 Å². The predicted molar refractivity (Wildman–Crippen MR) is 123 cm³/mol. The van der Waals surface area contributed by atoms with Gasteiger partial charge in [-0.05, 0) is 30.2 Å². The third-order valence-electron chi connectivity index (χ3n) is 5.83. The van der Waals surface area contributed by atoms with Gasteiger partial charge in [-0.15, -0.1) is 0 Å². The minimum Gasteiger partial charge on any atom is -0.493 e. The van der Waals surface area contributed by atoms with E-state index in [2.05, 4.69) is 19.7 Å². The van der Waals surface area contributed by atoms with Crippen molar-refractivity contribution in [2.45, 2.75) is 30.3 Å². The van der Waals surface area contributed by atoms with Crippen molar-refractivity contribution in [2.75, 3.05) is 11.3 Å². The molecule has 1 aliphatic rings. The van der Waals surface area contributed by atoms with E-state index in [1.165, 1.54) is 24.5 Å². The summed E-state index contributed by atoms with van der Waals surface area (Å²) in [6.07, 6.45) is -1.17. The lowest BCUT2D eigenvalue weighted by atomic mass is 9.83. The van der Waals surface area contributed by atoms with Crippen LogP contribution in [0.5, 0.6) is 5.75 Å². The number of halogens is 4. The third kappa shape index (κ3) is 4.99. The Morgan fingerprint density at radius 3 is 2.46 bits per heavy atom. The Morgan fingerprint density at radius 2 is 1.78 bits per heavy atom. The topological polar surface area (TPSA) is 107 Å². The number of nitrogens with one attached hydrogen (secondary N) is 1. The number of aryl methyl sites for hydroxylation is 1. The summed E-state index contributed by atoms with van der Waals surface area (Å²) in [4.78, 5) is 11.2. The highest BCUT2D eigenvalue weighted by Crippen LogP contribution is 2.44. The van der Waals surface area contributed by atoms with Crippen molar-refractivity contribution < 1.29 is 35.1 Å². The van der Waals surface area contributed by atoms with Crippen LogP contribution in [0.1, 0.15) is 34.9 Å². The second kappa shape index (κ2) is 9.14. The largest absolute Gasteiger partial charge is 0.493 e. The number of fused-ring (bicyclic) bond motifs is 1. The summed E-state index contributed by atoms with van der Waals surface area (Å²) in [5.74, 6) is -0.863. The lowest BCUT2D eigenvalue weighted by molar-refractivity contribution is -0.137. The summed E-state index contributed by atoms with van der Waals surface area (Å²) < 4.78 is 92.3. The molecule has 0 saturated heterocycles. The summed E-state index contributed by atoms with van der Waals surface area (Å²) >= 11 is 0. The standard InChI is InChI=1S/C24H18F4N4O4S/c1-13-31-21(12-36-13)20-8-14(24(26,27)28)2-4-17(20)18-6-7-35-22-9-16(3-5-19(18)22)37(33,34)32-23-29-10-15(25)11-30-23/h2-5,8-12,18H,6-7H2,1H3,(H,29,30,32)/t18-/m0/s1. The van der Waals surface area contributed by atoms with Crippen LogP contribution < -0.4 is 9.46 Å². The number of ether oxygens (including phenoxy) is 1. The van der Waals surface area contributed by atoms with Crippen LogP contribution in [-0.4, -0.2) is 30.0 Å². The Bertz CT molecular complexity index is 1570. The zero-order valence-electron chi connectivity index (χ0n) is 19.1. The van der Waals surface area contributed by atoms with Crippen molar-refractivity contribution in [1.82, 2.24) is 15.0 Å². The van der Waals surface area contributed by atoms with Gasteiger partial charge in [-0.3, -0.25) is 0 Å². The van der Waals surface area contributed by atoms with Gasteiger partial charge in [0.25, 0.3) is 10.0 Å². The molecule has 1 atom stereocenters. The molecule has 5 rings (SSSR count). The average molecular weight is 534 g/mol. The van der Waals surface area contributed by atoms with E-state index in [1.807, 2.05) is 0 Å². The molecule has 1 N–H and O–H groups in total. The molecule has 3 heterocycles. The van der Waals surface area contributed by atoms with Gasteiger partial charge in [-0.2, -0.15) is 13.2 Å². The Morgan fingerprint density at radius 1 is 1.05 bits per heavy atom. The van der Waals surface area contributed by atoms with Gasteiger partial charge in [-0.1, -0.05) is 12.1 Å². The maximum Gasteiger partial charge on any atom is 0.416 e. The van der Waals surface area contributed by atoms with Crippen molar-refractivity contribution in [1.29, 1.82) is 0 Å². The maximum absolute atomic E-state index is 13.5. The molecule has 8 nitrogen and oxygen atoms in total. The molecule has 2 aromatic carbocycles. The molecular weight excluding hydrogens is 516 g/mol. The van der Waals surface area contributed by atoms with Crippen LogP contribution in [0, 0.1) is 12.7 Å². The summed E-state index contributed by atoms with van der Waals surface area (Å²) in [6.45, 7) is 1.79. The van der Waals surface area contributed by atoms with E-state index in [1.54, 1.807) is 13.0 Å². The van der Waals surface area contributed by atoms with Crippen LogP contribution >= 0.6 is 0 Å². The predicted octanol–water partition coefficient (Wildman–Crippen LogP) is 5.31. The summed E-state index contributed by atoms with van der Waals surface area (Å²) in [6, 6.07) is 7.65. The van der Waals surface area contributed by atoms with E-state index in [4.69, 9.17) is 9.15 Å². The monoisotopic (exact) mass is 534 g/mol. The molecule has 0 aliphatic carbocycles. The molecule has 0 bridgehead atoms. The lowest BCUT2D eigenvalue weighted by Crippen LogP contribution is -2.19. The van der Waals surface area contributed by atoms with Crippen LogP contribution in [0.25, 0.3) is 11.3 Å². The molecule has 1 aliphatic heterocycles. The molecule has 0 spiro atoms. The first-order chi connectivity index (χ1) is 17.5. The van der Waals surface area contributed by atoms with E-state index in [-0.39, 0.29) is 34.5 Å². The Kier molecular flexibility index (Phi) is 6.10. The quantitative estimate of drug-likeness (QED) is 0.346. The fourth-order valence-electron chi connectivity index (χ4n) is 4.15. The highest BCUT2D eigenvalue weighted by atomic mass is 32.2. The molecule has 2 aromatic heterocycles. The number of benzene rings is 2. The van der Waals surface area contributed by atoms with E-state index < -0.39 is 33.5 Å². The molecule has 0 radical (unpaired) electrons. The van der Waals surface area contributed by atoms with Gasteiger partial charge in [-0.25, -0.2) is 32.5 Å². The Labute approximate surface area is 208 Å². The van der Waals surface area contributed by atoms with Gasteiger partial charge < -0.3 is 9.15 Å². The molecule has 0 saturated carbocycles. The molecule has 37 heavy (non-hydrogen) atoms. The Hall–Kier alpha value is -4.00. The van der Waals surface area contributed by atoms with E-state index in [0.717, 1.165) is 24.5 Å². The first kappa shape index (κ1) is 24.7. The SMILES string of the molecule is Cc1nc(-c2cc(C(F)(F)F)ccc2[C@@H]2CCOc3cc(S(=O)(=O)Nc4ncc(F)cn4)ccc32)co1. The number of aromatic nitrogens is 3. The number of hydrogen-bond donors (Lipinski definition) is 1. The Balaban J connectivity index is 1.54. The van der Waals surface area contributed by atoms with Gasteiger partial charge in [0.2, 0.25) is 5.95 Å². The van der Waals surface area contributed by atoms with Crippen molar-refractivity contribution >= 4 is 16.0 Å². The molecule has 0 fully saturated rings. The van der Waals surface area contributed by atoms with Gasteiger partial charge in [0.05, 0.1) is 29.5 Å². The number of anilines is 1. The molecule has 0 amide bonds. The molecule has 0 unspecified atom stereocenters. The minimum absolute atomic E-state index is 0.153. The number of nitrogens with zero attached hydrogens (tertiary/aromatic N) is 3. The number of oxazole rings is 1. The second-order valence-corrected chi connectivity index (χ2v) is 9.95. The van der Waals surface area contributed by atoms with Crippen LogP contribution in [0.4, 0.5) is 23.5 Å². The van der Waals surface area contributed by atoms with Crippen molar-refractivity contribution in [2.24, 2.45) is 0 Å². The normalized spacial score (nSPS) is 15.6. The number of hydrogen-bond acceptors (Lipinski definition) is 7. The van der Waals surface area contributed by atoms with Gasteiger partial charge in [0, 0.05) is 30.0 Å². The first-order valence-electron chi connectivity index (χ1n) is 10.9. The van der Waals surface area contributed by atoms with Crippen molar-refractivity contribution in [3.63, 3.8) is 0 Å². The van der Waals surface area contributed by atoms with Gasteiger partial charge in [0.15, 0.2) is 11.7 Å². The van der Waals surface area contributed by atoms with E-state index >= 15 is 0 Å². The van der Waals surface area contributed by atoms with E-state index in [9.17, 15) is 26.0 Å². The fraction of sp³-hybridized carbons (Fsp3) is 0.208. The highest BCUT2D eigenvalue weighted by molar-refractivity contribution is 7.92. The number of alkyl halides is 3. The third-order valence-corrected chi connectivity index (χ3v) is 7.16. The molecule has 192 valence electrons. The highest BCUT2D eigenvalue weighted by Gasteiger charge is 2.34. The smallest absolute Gasteiger partial charge is 0.416 e. The summed E-state index contributed by atoms with van der Waals surface area (Å²) in [7, 11) is -4.14. The zero-order valence-corrected chi connectivity index (χ0v) is 19.9. The maximum atomic E-state index is 13.5. The second-order valence-electron chi connectivity index (χ2n) is 8.27. The van der Waals surface area contributed by atoms with Crippen LogP contribution in [0.3, 0.4) is 0 Å². The van der Waals surface area contributed by atoms with Crippen LogP contribution in [0.15, 0.2) is 64.4 Å². The van der Waals surface area contributed by atoms with E-state index in [0.29, 0.717) is 23.4 Å². The summed E-state index contributed by atoms with van der Waals surface area (Å²) in [5, 5.41) is 0. The number of rotatable bonds is 5. The van der Waals surface area contributed by atoms with Crippen molar-refractivity contribution in [3.05, 3.63) is 83.5 Å². The van der Waals surface area contributed by atoms with Crippen LogP contribution in [0.2, 0.25) is 0 Å². The van der Waals surface area contributed by atoms with Crippen molar-refractivity contribution in [3.8, 4) is 17.0 Å². The molecular formula is C24H18F4N4O4S. The van der Waals surface area contributed by atoms with Gasteiger partial charge in [0.1, 0.15) is 17.7 Å². The average Bonchev–Trinajstić information content (AvgIpc) is 3.30. The first-order valence-corrected chi connectivity index (χ1v) is 12.4. The fourth-order valence-corrected chi connectivity index (χ4v) is 5.12. The number of sulfonamides is 1. The zero-order chi connectivity index (χ0) is 26.4. The van der Waals surface area contributed by atoms with Crippen LogP contribution in [-0.2, 0) is 16.2 Å². The molecule has 4 aromatic rings. The summed E-state index contributed by atoms with van der Waals surface area (Å²) in [5.41, 5.74) is 0.865. The minimum atomic E-state index is -4.55.